The van der Waals surface area contributed by atoms with Gasteiger partial charge >= 0.3 is 0 Å². The number of Topliss-reactive ketones (excluding diaryl/α,β-unsaturated/α-hetero) is 1. The molecule has 1 atom stereocenters. The molecule has 0 amide bonds. The Balaban J connectivity index is 2.04. The van der Waals surface area contributed by atoms with Gasteiger partial charge in [-0.25, -0.2) is 4.39 Å². The number of nitrogens with zero attached hydrogens (tertiary/aromatic N) is 1. The highest BCUT2D eigenvalue weighted by Gasteiger charge is 2.22. The molecule has 1 heterocycles. The van der Waals surface area contributed by atoms with Crippen molar-refractivity contribution in [1.82, 2.24) is 4.57 Å². The highest BCUT2D eigenvalue weighted by atomic mass is 35.5. The molecule has 0 radical (unpaired) electrons. The topological polar surface area (TPSA) is 59.3 Å². The molecule has 4 nitrogen and oxygen atoms in total. The number of benzene rings is 2. The van der Waals surface area contributed by atoms with Gasteiger partial charge in [-0.1, -0.05) is 23.7 Å². The number of phenols is 1. The Labute approximate surface area is 166 Å². The number of hydrogen-bond acceptors (Lipinski definition) is 3. The van der Waals surface area contributed by atoms with E-state index in [-0.39, 0.29) is 17.8 Å². The monoisotopic (exact) mass is 399 g/mol. The summed E-state index contributed by atoms with van der Waals surface area (Å²) in [6.45, 7) is 1.88. The molecule has 0 aliphatic carbocycles. The lowest BCUT2D eigenvalue weighted by molar-refractivity contribution is 0.0976. The first-order valence-electron chi connectivity index (χ1n) is 8.70. The van der Waals surface area contributed by atoms with Crippen LogP contribution in [0.5, 0.6) is 5.75 Å². The van der Waals surface area contributed by atoms with Gasteiger partial charge in [-0.05, 0) is 53.9 Å². The van der Waals surface area contributed by atoms with E-state index < -0.39 is 17.5 Å². The van der Waals surface area contributed by atoms with Crippen LogP contribution in [0.1, 0.15) is 39.4 Å². The molecule has 1 unspecified atom stereocenters. The number of carbonyl (C=O) groups excluding carboxylic acids is 1. The molecule has 144 valence electrons. The summed E-state index contributed by atoms with van der Waals surface area (Å²) < 4.78 is 15.3. The minimum atomic E-state index is -0.747. The first-order valence-corrected chi connectivity index (χ1v) is 9.08. The van der Waals surface area contributed by atoms with Crippen LogP contribution >= 0.6 is 11.6 Å². The zero-order valence-corrected chi connectivity index (χ0v) is 16.2. The van der Waals surface area contributed by atoms with Crippen LogP contribution in [0.2, 0.25) is 5.02 Å². The highest BCUT2D eigenvalue weighted by Crippen LogP contribution is 2.34. The largest absolute Gasteiger partial charge is 0.505 e. The number of aromatic hydroxyl groups is 1. The smallest absolute Gasteiger partial charge is 0.250 e. The third-order valence-electron chi connectivity index (χ3n) is 4.78. The van der Waals surface area contributed by atoms with E-state index in [0.29, 0.717) is 16.1 Å². The van der Waals surface area contributed by atoms with Gasteiger partial charge < -0.3 is 9.67 Å². The molecule has 0 bridgehead atoms. The molecule has 1 N–H and O–H groups in total. The maximum Gasteiger partial charge on any atom is 0.250 e. The lowest BCUT2D eigenvalue weighted by Gasteiger charge is -2.20. The van der Waals surface area contributed by atoms with E-state index in [2.05, 4.69) is 0 Å². The molecule has 1 aromatic heterocycles. The van der Waals surface area contributed by atoms with E-state index in [9.17, 15) is 19.1 Å². The lowest BCUT2D eigenvalue weighted by atomic mass is 9.84. The van der Waals surface area contributed by atoms with Gasteiger partial charge in [-0.2, -0.15) is 0 Å². The zero-order chi connectivity index (χ0) is 20.4. The average Bonchev–Trinajstić information content (AvgIpc) is 2.64. The molecule has 3 rings (SSSR count). The maximum atomic E-state index is 14.0. The summed E-state index contributed by atoms with van der Waals surface area (Å²) in [5.41, 5.74) is 2.48. The number of aryl methyl sites for hydroxylation is 2. The lowest BCUT2D eigenvalue weighted by Crippen LogP contribution is -2.18. The van der Waals surface area contributed by atoms with Gasteiger partial charge in [0.05, 0.1) is 0 Å². The molecule has 0 saturated heterocycles. The average molecular weight is 400 g/mol. The minimum Gasteiger partial charge on any atom is -0.505 e. The second-order valence-corrected chi connectivity index (χ2v) is 7.19. The van der Waals surface area contributed by atoms with E-state index in [1.54, 1.807) is 25.2 Å². The fraction of sp³-hybridized carbons (Fsp3) is 0.182. The van der Waals surface area contributed by atoms with Gasteiger partial charge in [-0.15, -0.1) is 0 Å². The van der Waals surface area contributed by atoms with Crippen LogP contribution < -0.4 is 5.56 Å². The predicted molar refractivity (Wildman–Crippen MR) is 107 cm³/mol. The van der Waals surface area contributed by atoms with Crippen molar-refractivity contribution in [3.63, 3.8) is 0 Å². The first-order chi connectivity index (χ1) is 13.3. The Morgan fingerprint density at radius 1 is 1.18 bits per heavy atom. The third kappa shape index (κ3) is 4.15. The fourth-order valence-corrected chi connectivity index (χ4v) is 3.47. The number of pyridine rings is 1. The molecule has 6 heteroatoms. The van der Waals surface area contributed by atoms with Crippen LogP contribution in [0, 0.1) is 12.7 Å². The van der Waals surface area contributed by atoms with Gasteiger partial charge in [0.25, 0.3) is 0 Å². The van der Waals surface area contributed by atoms with Gasteiger partial charge in [0.15, 0.2) is 17.3 Å². The quantitative estimate of drug-likeness (QED) is 0.638. The minimum absolute atomic E-state index is 0.0743. The first kappa shape index (κ1) is 19.8. The Morgan fingerprint density at radius 3 is 2.57 bits per heavy atom. The SMILES string of the molecule is Cc1cc(Cl)ccc1C(CC(=O)c1ccc(=O)n(C)c1)c1ccc(O)c(F)c1. The van der Waals surface area contributed by atoms with Crippen molar-refractivity contribution in [2.45, 2.75) is 19.3 Å². The van der Waals surface area contributed by atoms with Crippen LogP contribution in [-0.2, 0) is 7.05 Å². The Morgan fingerprint density at radius 2 is 1.93 bits per heavy atom. The molecule has 3 aromatic rings. The molecular weight excluding hydrogens is 381 g/mol. The summed E-state index contributed by atoms with van der Waals surface area (Å²) in [5.74, 6) is -1.80. The van der Waals surface area contributed by atoms with Crippen LogP contribution in [0.4, 0.5) is 4.39 Å². The molecule has 2 aromatic carbocycles. The van der Waals surface area contributed by atoms with E-state index in [4.69, 9.17) is 11.6 Å². The third-order valence-corrected chi connectivity index (χ3v) is 5.01. The van der Waals surface area contributed by atoms with Crippen molar-refractivity contribution < 1.29 is 14.3 Å². The molecule has 0 fully saturated rings. The van der Waals surface area contributed by atoms with Crippen LogP contribution in [0.25, 0.3) is 0 Å². The van der Waals surface area contributed by atoms with Gasteiger partial charge in [0.1, 0.15) is 0 Å². The molecule has 28 heavy (non-hydrogen) atoms. The molecule has 0 aliphatic rings. The summed E-state index contributed by atoms with van der Waals surface area (Å²) in [6, 6.07) is 12.3. The van der Waals surface area contributed by atoms with Crippen LogP contribution in [0.15, 0.2) is 59.5 Å². The van der Waals surface area contributed by atoms with Crippen molar-refractivity contribution in [2.75, 3.05) is 0 Å². The van der Waals surface area contributed by atoms with E-state index in [1.165, 1.54) is 35.0 Å². The van der Waals surface area contributed by atoms with Crippen molar-refractivity contribution in [3.05, 3.63) is 98.2 Å². The number of halogens is 2. The number of carbonyl (C=O) groups is 1. The summed E-state index contributed by atoms with van der Waals surface area (Å²) >= 11 is 6.06. The van der Waals surface area contributed by atoms with E-state index in [1.807, 2.05) is 13.0 Å². The summed E-state index contributed by atoms with van der Waals surface area (Å²) in [7, 11) is 1.58. The van der Waals surface area contributed by atoms with Crippen molar-refractivity contribution in [3.8, 4) is 5.75 Å². The number of aromatic nitrogens is 1. The van der Waals surface area contributed by atoms with Gasteiger partial charge in [0, 0.05) is 42.2 Å². The van der Waals surface area contributed by atoms with Crippen molar-refractivity contribution in [2.24, 2.45) is 7.05 Å². The van der Waals surface area contributed by atoms with Crippen LogP contribution in [0.3, 0.4) is 0 Å². The second-order valence-electron chi connectivity index (χ2n) is 6.76. The van der Waals surface area contributed by atoms with E-state index in [0.717, 1.165) is 11.1 Å². The number of phenolic OH excluding ortho intramolecular Hbond substituents is 1. The Kier molecular flexibility index (Phi) is 5.66. The fourth-order valence-electron chi connectivity index (χ4n) is 3.24. The van der Waals surface area contributed by atoms with Crippen molar-refractivity contribution in [1.29, 1.82) is 0 Å². The molecule has 0 spiro atoms. The summed E-state index contributed by atoms with van der Waals surface area (Å²) in [6.07, 6.45) is 1.57. The number of hydrogen-bond donors (Lipinski definition) is 1. The number of ketones is 1. The van der Waals surface area contributed by atoms with E-state index >= 15 is 0 Å². The van der Waals surface area contributed by atoms with Gasteiger partial charge in [0.2, 0.25) is 5.56 Å². The number of rotatable bonds is 5. The highest BCUT2D eigenvalue weighted by molar-refractivity contribution is 6.30. The Bertz CT molecular complexity index is 1110. The Hall–Kier alpha value is -2.92. The maximum absolute atomic E-state index is 14.0. The summed E-state index contributed by atoms with van der Waals surface area (Å²) in [4.78, 5) is 24.5. The normalized spacial score (nSPS) is 12.0. The van der Waals surface area contributed by atoms with Crippen LogP contribution in [-0.4, -0.2) is 15.5 Å². The molecular formula is C22H19ClFNO3. The van der Waals surface area contributed by atoms with Crippen molar-refractivity contribution >= 4 is 17.4 Å². The second kappa shape index (κ2) is 7.98. The molecule has 0 saturated carbocycles. The standard InChI is InChI=1S/C22H19ClFNO3/c1-13-9-16(23)5-6-17(13)18(14-3-7-20(26)19(24)10-14)11-21(27)15-4-8-22(28)25(2)12-15/h3-10,12,18,26H,11H2,1-2H3. The predicted octanol–water partition coefficient (Wildman–Crippen LogP) is 4.60. The molecule has 0 aliphatic heterocycles. The van der Waals surface area contributed by atoms with Gasteiger partial charge in [-0.3, -0.25) is 9.59 Å². The summed E-state index contributed by atoms with van der Waals surface area (Å²) in [5, 5.41) is 10.1. The zero-order valence-electron chi connectivity index (χ0n) is 15.4.